The van der Waals surface area contributed by atoms with Crippen LogP contribution in [-0.2, 0) is 19.1 Å². The molecule has 0 saturated carbocycles. The molecule has 0 unspecified atom stereocenters. The van der Waals surface area contributed by atoms with Crippen LogP contribution in [0.4, 0.5) is 123 Å². The molecule has 61 heavy (non-hydrogen) atoms. The summed E-state index contributed by atoms with van der Waals surface area (Å²) in [7, 11) is 0. The fourth-order valence-electron chi connectivity index (χ4n) is 4.30. The van der Waals surface area contributed by atoms with Crippen LogP contribution in [0.1, 0.15) is 64.2 Å². The Balaban J connectivity index is 4.80. The van der Waals surface area contributed by atoms with Crippen LogP contribution in [0.5, 0.6) is 0 Å². The molecule has 0 bridgehead atoms. The third-order valence-corrected chi connectivity index (χ3v) is 8.02. The van der Waals surface area contributed by atoms with Crippen LogP contribution >= 0.6 is 0 Å². The minimum absolute atomic E-state index is 0.00856. The number of hydrogen-bond acceptors (Lipinski definition) is 4. The van der Waals surface area contributed by atoms with E-state index < -0.39 is 122 Å². The SMILES string of the molecule is O=C(C=CC(=O)OCC(F)(F)C(F)(F)C(F)(F)C(F)(F)C(F)(F)C(F)(F)C(F)(F)F)OCCCCCCCCCCCC(F)(F)C(F)(F)C(F)(F)C(F)(F)C(F)(F)C(F)(F)F. The van der Waals surface area contributed by atoms with Gasteiger partial charge < -0.3 is 9.47 Å². The van der Waals surface area contributed by atoms with Gasteiger partial charge in [0.1, 0.15) is 0 Å². The van der Waals surface area contributed by atoms with E-state index in [0.717, 1.165) is 0 Å². The predicted octanol–water partition coefficient (Wildman–Crippen LogP) is 12.6. The summed E-state index contributed by atoms with van der Waals surface area (Å²) < 4.78 is 376. The van der Waals surface area contributed by atoms with E-state index in [1.807, 2.05) is 0 Å². The minimum atomic E-state index is -8.56. The first-order valence-electron chi connectivity index (χ1n) is 16.1. The van der Waals surface area contributed by atoms with Crippen molar-refractivity contribution in [1.82, 2.24) is 0 Å². The van der Waals surface area contributed by atoms with E-state index in [9.17, 15) is 133 Å². The molecule has 0 saturated heterocycles. The standard InChI is InChI=1S/C29H26F28O4/c30-17(31,19(34,35)21(38,39)24(44,45)26(48,49)28(52,53)54)12-8-6-4-2-1-3-5-7-9-13-60-15(58)10-11-16(59)61-14-18(32,33)20(36,37)22(40,41)23(42,43)25(46,47)27(50,51)29(55,56)57/h10-11H,1-9,12-14H2. The average molecular weight is 970 g/mol. The third-order valence-electron chi connectivity index (χ3n) is 8.02. The van der Waals surface area contributed by atoms with Crippen LogP contribution in [0.15, 0.2) is 12.2 Å². The van der Waals surface area contributed by atoms with Gasteiger partial charge in [0.25, 0.3) is 0 Å². The molecule has 0 spiro atoms. The first kappa shape index (κ1) is 57.7. The van der Waals surface area contributed by atoms with Gasteiger partial charge in [-0.05, 0) is 12.8 Å². The maximum absolute atomic E-state index is 13.8. The van der Waals surface area contributed by atoms with Crippen molar-refractivity contribution in [3.63, 3.8) is 0 Å². The summed E-state index contributed by atoms with van der Waals surface area (Å²) in [6.45, 7) is -3.96. The van der Waals surface area contributed by atoms with Gasteiger partial charge in [-0.1, -0.05) is 44.9 Å². The summed E-state index contributed by atoms with van der Waals surface area (Å²) in [5, 5.41) is 0. The molecule has 0 heterocycles. The zero-order chi connectivity index (χ0) is 49.0. The quantitative estimate of drug-likeness (QED) is 0.0396. The van der Waals surface area contributed by atoms with Gasteiger partial charge in [-0.25, -0.2) is 9.59 Å². The smallest absolute Gasteiger partial charge is 0.460 e. The molecule has 362 valence electrons. The number of carbonyl (C=O) groups excluding carboxylic acids is 2. The zero-order valence-electron chi connectivity index (χ0n) is 29.4. The van der Waals surface area contributed by atoms with E-state index in [0.29, 0.717) is 6.42 Å². The van der Waals surface area contributed by atoms with Gasteiger partial charge >= 0.3 is 89.4 Å². The van der Waals surface area contributed by atoms with Crippen molar-refractivity contribution in [2.24, 2.45) is 0 Å². The molecular formula is C29H26F28O4. The maximum Gasteiger partial charge on any atom is 0.460 e. The van der Waals surface area contributed by atoms with E-state index in [-0.39, 0.29) is 50.7 Å². The van der Waals surface area contributed by atoms with Crippen LogP contribution in [0.3, 0.4) is 0 Å². The number of rotatable bonds is 25. The molecule has 0 N–H and O–H groups in total. The van der Waals surface area contributed by atoms with Gasteiger partial charge in [0.2, 0.25) is 0 Å². The molecule has 0 amide bonds. The molecule has 4 nitrogen and oxygen atoms in total. The second-order valence-electron chi connectivity index (χ2n) is 12.6. The molecule has 0 aliphatic carbocycles. The Morgan fingerprint density at radius 1 is 0.311 bits per heavy atom. The van der Waals surface area contributed by atoms with Gasteiger partial charge in [-0.2, -0.15) is 123 Å². The van der Waals surface area contributed by atoms with Crippen LogP contribution in [0, 0.1) is 0 Å². The summed E-state index contributed by atoms with van der Waals surface area (Å²) in [6.07, 6.45) is -18.5. The maximum atomic E-state index is 13.8. The largest absolute Gasteiger partial charge is 0.463 e. The van der Waals surface area contributed by atoms with Crippen molar-refractivity contribution in [3.8, 4) is 0 Å². The highest BCUT2D eigenvalue weighted by molar-refractivity contribution is 5.91. The number of hydrogen-bond donors (Lipinski definition) is 0. The highest BCUT2D eigenvalue weighted by Gasteiger charge is 2.94. The highest BCUT2D eigenvalue weighted by Crippen LogP contribution is 2.63. The van der Waals surface area contributed by atoms with Gasteiger partial charge in [0.05, 0.1) is 6.61 Å². The lowest BCUT2D eigenvalue weighted by Crippen LogP contribution is -2.73. The number of esters is 2. The van der Waals surface area contributed by atoms with Gasteiger partial charge in [0.15, 0.2) is 6.61 Å². The molecule has 0 radical (unpaired) electrons. The third kappa shape index (κ3) is 11.3. The Morgan fingerprint density at radius 3 is 0.918 bits per heavy atom. The van der Waals surface area contributed by atoms with Crippen LogP contribution in [0.2, 0.25) is 0 Å². The summed E-state index contributed by atoms with van der Waals surface area (Å²) in [4.78, 5) is 22.9. The molecule has 0 aromatic rings. The topological polar surface area (TPSA) is 52.6 Å². The number of carbonyl (C=O) groups is 2. The second-order valence-corrected chi connectivity index (χ2v) is 12.6. The Kier molecular flexibility index (Phi) is 17.8. The van der Waals surface area contributed by atoms with Crippen molar-refractivity contribution in [1.29, 1.82) is 0 Å². The lowest BCUT2D eigenvalue weighted by atomic mass is 9.91. The van der Waals surface area contributed by atoms with Gasteiger partial charge in [-0.3, -0.25) is 0 Å². The molecule has 0 fully saturated rings. The first-order chi connectivity index (χ1) is 26.7. The van der Waals surface area contributed by atoms with Crippen molar-refractivity contribution < 1.29 is 142 Å². The fraction of sp³-hybridized carbons (Fsp3) is 0.862. The average Bonchev–Trinajstić information content (AvgIpc) is 3.08. The predicted molar refractivity (Wildman–Crippen MR) is 144 cm³/mol. The first-order valence-corrected chi connectivity index (χ1v) is 16.1. The lowest BCUT2D eigenvalue weighted by molar-refractivity contribution is -0.453. The molecule has 0 aromatic heterocycles. The van der Waals surface area contributed by atoms with Crippen LogP contribution < -0.4 is 0 Å². The molecule has 0 aliphatic rings. The van der Waals surface area contributed by atoms with Crippen LogP contribution in [0.25, 0.3) is 0 Å². The zero-order valence-corrected chi connectivity index (χ0v) is 29.4. The van der Waals surface area contributed by atoms with Crippen molar-refractivity contribution in [2.75, 3.05) is 13.2 Å². The Bertz CT molecular complexity index is 1480. The van der Waals surface area contributed by atoms with Crippen molar-refractivity contribution in [3.05, 3.63) is 12.2 Å². The molecule has 0 aromatic carbocycles. The lowest BCUT2D eigenvalue weighted by Gasteiger charge is -2.41. The van der Waals surface area contributed by atoms with E-state index in [1.54, 1.807) is 0 Å². The van der Waals surface area contributed by atoms with Gasteiger partial charge in [0, 0.05) is 18.6 Å². The summed E-state index contributed by atoms with van der Waals surface area (Å²) in [5.41, 5.74) is 0. The highest BCUT2D eigenvalue weighted by atomic mass is 19.4. The number of halogens is 28. The minimum Gasteiger partial charge on any atom is -0.463 e. The van der Waals surface area contributed by atoms with Crippen molar-refractivity contribution in [2.45, 2.75) is 142 Å². The van der Waals surface area contributed by atoms with E-state index >= 15 is 0 Å². The summed E-state index contributed by atoms with van der Waals surface area (Å²) in [6, 6.07) is 0. The Labute approximate surface area is 321 Å². The van der Waals surface area contributed by atoms with Gasteiger partial charge in [-0.15, -0.1) is 0 Å². The molecule has 0 aliphatic heterocycles. The van der Waals surface area contributed by atoms with E-state index in [1.165, 1.54) is 0 Å². The molecular weight excluding hydrogens is 944 g/mol. The number of unbranched alkanes of at least 4 members (excludes halogenated alkanes) is 8. The van der Waals surface area contributed by atoms with Crippen LogP contribution in [-0.4, -0.2) is 103 Å². The normalized spacial score (nSPS) is 15.4. The Morgan fingerprint density at radius 2 is 0.574 bits per heavy atom. The molecule has 32 heteroatoms. The monoisotopic (exact) mass is 970 g/mol. The second kappa shape index (κ2) is 18.8. The molecule has 0 rings (SSSR count). The number of alkyl halides is 28. The van der Waals surface area contributed by atoms with E-state index in [4.69, 9.17) is 0 Å². The van der Waals surface area contributed by atoms with Crippen molar-refractivity contribution >= 4 is 11.9 Å². The summed E-state index contributed by atoms with van der Waals surface area (Å²) in [5.74, 6) is -89.7. The summed E-state index contributed by atoms with van der Waals surface area (Å²) >= 11 is 0. The number of ether oxygens (including phenoxy) is 2. The Hall–Kier alpha value is -3.28. The fourth-order valence-corrected chi connectivity index (χ4v) is 4.30. The van der Waals surface area contributed by atoms with E-state index in [2.05, 4.69) is 9.47 Å². The molecule has 0 atom stereocenters.